The minimum Gasteiger partial charge on any atom is -0.478 e. The third kappa shape index (κ3) is 1.79. The van der Waals surface area contributed by atoms with E-state index in [0.29, 0.717) is 0 Å². The summed E-state index contributed by atoms with van der Waals surface area (Å²) in [6, 6.07) is 11.0. The van der Waals surface area contributed by atoms with Gasteiger partial charge in [0.1, 0.15) is 5.65 Å². The van der Waals surface area contributed by atoms with Gasteiger partial charge in [0, 0.05) is 39.9 Å². The van der Waals surface area contributed by atoms with Crippen LogP contribution in [0.3, 0.4) is 0 Å². The predicted octanol–water partition coefficient (Wildman–Crippen LogP) is 3.41. The first kappa shape index (κ1) is 11.7. The topological polar surface area (TPSA) is 81.8 Å². The van der Waals surface area contributed by atoms with Gasteiger partial charge in [0.25, 0.3) is 0 Å². The molecule has 0 saturated heterocycles. The van der Waals surface area contributed by atoms with Gasteiger partial charge in [0.05, 0.1) is 5.56 Å². The van der Waals surface area contributed by atoms with Crippen molar-refractivity contribution in [3.8, 4) is 11.3 Å². The van der Waals surface area contributed by atoms with E-state index in [1.54, 1.807) is 18.3 Å². The minimum absolute atomic E-state index is 0.272. The van der Waals surface area contributed by atoms with Gasteiger partial charge in [-0.3, -0.25) is 0 Å². The number of nitrogens with one attached hydrogen (secondary N) is 2. The average molecular weight is 277 g/mol. The number of aromatic nitrogens is 3. The third-order valence-corrected chi connectivity index (χ3v) is 3.61. The summed E-state index contributed by atoms with van der Waals surface area (Å²) in [7, 11) is 0. The van der Waals surface area contributed by atoms with E-state index in [1.165, 1.54) is 0 Å². The maximum absolute atomic E-state index is 11.0. The van der Waals surface area contributed by atoms with E-state index in [9.17, 15) is 4.79 Å². The number of carboxylic acids is 1. The maximum atomic E-state index is 11.0. The summed E-state index contributed by atoms with van der Waals surface area (Å²) in [6.45, 7) is 0. The zero-order valence-electron chi connectivity index (χ0n) is 10.9. The molecular formula is C16H11N3O2. The van der Waals surface area contributed by atoms with Crippen LogP contribution >= 0.6 is 0 Å². The Kier molecular flexibility index (Phi) is 2.35. The van der Waals surface area contributed by atoms with Gasteiger partial charge in [-0.25, -0.2) is 9.78 Å². The van der Waals surface area contributed by atoms with Crippen LogP contribution in [0.15, 0.2) is 48.8 Å². The molecule has 0 saturated carbocycles. The second-order valence-corrected chi connectivity index (χ2v) is 4.89. The van der Waals surface area contributed by atoms with E-state index in [1.807, 2.05) is 30.5 Å². The summed E-state index contributed by atoms with van der Waals surface area (Å²) in [5, 5.41) is 11.1. The molecule has 4 aromatic rings. The largest absolute Gasteiger partial charge is 0.478 e. The monoisotopic (exact) mass is 277 g/mol. The van der Waals surface area contributed by atoms with Crippen molar-refractivity contribution in [1.29, 1.82) is 0 Å². The second kappa shape index (κ2) is 4.21. The van der Waals surface area contributed by atoms with Crippen LogP contribution < -0.4 is 0 Å². The van der Waals surface area contributed by atoms with Gasteiger partial charge in [-0.1, -0.05) is 6.07 Å². The molecule has 3 N–H and O–H groups in total. The molecular weight excluding hydrogens is 266 g/mol. The van der Waals surface area contributed by atoms with Gasteiger partial charge in [0.15, 0.2) is 0 Å². The Hall–Kier alpha value is -3.08. The highest BCUT2D eigenvalue weighted by Gasteiger charge is 2.11. The number of aromatic carboxylic acids is 1. The lowest BCUT2D eigenvalue weighted by Gasteiger charge is -1.97. The van der Waals surface area contributed by atoms with Gasteiger partial charge >= 0.3 is 5.97 Å². The highest BCUT2D eigenvalue weighted by molar-refractivity contribution is 6.00. The number of carboxylic acid groups (broad SMARTS) is 1. The maximum Gasteiger partial charge on any atom is 0.335 e. The molecule has 0 bridgehead atoms. The molecule has 0 fully saturated rings. The van der Waals surface area contributed by atoms with Crippen LogP contribution in [-0.4, -0.2) is 26.0 Å². The molecule has 102 valence electrons. The van der Waals surface area contributed by atoms with Gasteiger partial charge in [-0.2, -0.15) is 0 Å². The molecule has 4 rings (SSSR count). The zero-order valence-corrected chi connectivity index (χ0v) is 10.9. The first-order valence-electron chi connectivity index (χ1n) is 6.51. The minimum atomic E-state index is -0.928. The van der Waals surface area contributed by atoms with Gasteiger partial charge in [-0.15, -0.1) is 0 Å². The number of rotatable bonds is 2. The number of benzene rings is 1. The van der Waals surface area contributed by atoms with Gasteiger partial charge < -0.3 is 15.1 Å². The number of hydrogen-bond acceptors (Lipinski definition) is 2. The second-order valence-electron chi connectivity index (χ2n) is 4.89. The lowest BCUT2D eigenvalue weighted by atomic mass is 10.1. The number of H-pyrrole nitrogens is 2. The molecule has 5 heteroatoms. The molecule has 1 aromatic carbocycles. The summed E-state index contributed by atoms with van der Waals surface area (Å²) in [4.78, 5) is 21.7. The number of pyridine rings is 1. The van der Waals surface area contributed by atoms with Crippen molar-refractivity contribution >= 4 is 27.9 Å². The molecule has 5 nitrogen and oxygen atoms in total. The van der Waals surface area contributed by atoms with Crippen molar-refractivity contribution in [2.24, 2.45) is 0 Å². The molecule has 21 heavy (non-hydrogen) atoms. The van der Waals surface area contributed by atoms with Crippen LogP contribution in [0.4, 0.5) is 0 Å². The fourth-order valence-corrected chi connectivity index (χ4v) is 2.58. The molecule has 3 heterocycles. The van der Waals surface area contributed by atoms with Crippen LogP contribution in [0.2, 0.25) is 0 Å². The Morgan fingerprint density at radius 2 is 2.10 bits per heavy atom. The van der Waals surface area contributed by atoms with Crippen molar-refractivity contribution in [3.63, 3.8) is 0 Å². The Balaban J connectivity index is 1.92. The van der Waals surface area contributed by atoms with E-state index in [4.69, 9.17) is 5.11 Å². The van der Waals surface area contributed by atoms with Crippen molar-refractivity contribution in [3.05, 3.63) is 54.4 Å². The smallest absolute Gasteiger partial charge is 0.335 e. The van der Waals surface area contributed by atoms with Crippen molar-refractivity contribution in [1.82, 2.24) is 15.0 Å². The van der Waals surface area contributed by atoms with Crippen LogP contribution in [0.1, 0.15) is 10.4 Å². The molecule has 0 aliphatic carbocycles. The number of nitrogens with zero attached hydrogens (tertiary/aromatic N) is 1. The number of carbonyl (C=O) groups is 1. The van der Waals surface area contributed by atoms with Crippen LogP contribution in [0.5, 0.6) is 0 Å². The Labute approximate surface area is 119 Å². The molecule has 0 aliphatic rings. The molecule has 3 aromatic heterocycles. The van der Waals surface area contributed by atoms with Crippen LogP contribution in [0, 0.1) is 0 Å². The Morgan fingerprint density at radius 3 is 2.90 bits per heavy atom. The molecule has 0 aliphatic heterocycles. The number of aromatic amines is 2. The molecule has 0 unspecified atom stereocenters. The SMILES string of the molecule is O=C(O)c1ccc2c(-c3cc4cccnc4[nH]3)c[nH]c2c1. The molecule has 0 radical (unpaired) electrons. The van der Waals surface area contributed by atoms with E-state index in [0.717, 1.165) is 33.2 Å². The predicted molar refractivity (Wildman–Crippen MR) is 80.3 cm³/mol. The van der Waals surface area contributed by atoms with Crippen LogP contribution in [-0.2, 0) is 0 Å². The first-order chi connectivity index (χ1) is 10.2. The van der Waals surface area contributed by atoms with E-state index >= 15 is 0 Å². The standard InChI is InChI=1S/C16H11N3O2/c20-16(21)10-3-4-11-12(8-18-13(11)7-10)14-6-9-2-1-5-17-15(9)19-14/h1-8,18H,(H,17,19)(H,20,21). The lowest BCUT2D eigenvalue weighted by molar-refractivity contribution is 0.0697. The van der Waals surface area contributed by atoms with E-state index in [2.05, 4.69) is 15.0 Å². The zero-order chi connectivity index (χ0) is 14.4. The van der Waals surface area contributed by atoms with Crippen molar-refractivity contribution < 1.29 is 9.90 Å². The highest BCUT2D eigenvalue weighted by Crippen LogP contribution is 2.30. The van der Waals surface area contributed by atoms with Crippen molar-refractivity contribution in [2.75, 3.05) is 0 Å². The molecule has 0 amide bonds. The number of hydrogen-bond donors (Lipinski definition) is 3. The summed E-state index contributed by atoms with van der Waals surface area (Å²) in [5.41, 5.74) is 3.87. The Bertz CT molecular complexity index is 948. The normalized spacial score (nSPS) is 11.2. The fraction of sp³-hybridized carbons (Fsp3) is 0. The molecule has 0 atom stereocenters. The quantitative estimate of drug-likeness (QED) is 0.525. The summed E-state index contributed by atoms with van der Waals surface area (Å²) in [5.74, 6) is -0.928. The summed E-state index contributed by atoms with van der Waals surface area (Å²) >= 11 is 0. The summed E-state index contributed by atoms with van der Waals surface area (Å²) in [6.07, 6.45) is 3.62. The lowest BCUT2D eigenvalue weighted by Crippen LogP contribution is -1.94. The van der Waals surface area contributed by atoms with Crippen molar-refractivity contribution in [2.45, 2.75) is 0 Å². The fourth-order valence-electron chi connectivity index (χ4n) is 2.58. The highest BCUT2D eigenvalue weighted by atomic mass is 16.4. The van der Waals surface area contributed by atoms with E-state index in [-0.39, 0.29) is 5.56 Å². The van der Waals surface area contributed by atoms with Crippen LogP contribution in [0.25, 0.3) is 33.2 Å². The average Bonchev–Trinajstić information content (AvgIpc) is 3.09. The number of fused-ring (bicyclic) bond motifs is 2. The van der Waals surface area contributed by atoms with E-state index < -0.39 is 5.97 Å². The summed E-state index contributed by atoms with van der Waals surface area (Å²) < 4.78 is 0. The Morgan fingerprint density at radius 1 is 1.19 bits per heavy atom. The third-order valence-electron chi connectivity index (χ3n) is 3.61. The molecule has 0 spiro atoms. The van der Waals surface area contributed by atoms with Gasteiger partial charge in [-0.05, 0) is 30.3 Å². The first-order valence-corrected chi connectivity index (χ1v) is 6.51. The van der Waals surface area contributed by atoms with Gasteiger partial charge in [0.2, 0.25) is 0 Å².